The molecule has 0 aromatic heterocycles. The number of carbonyl (C=O) groups is 1. The molecule has 0 aliphatic carbocycles. The van der Waals surface area contributed by atoms with Crippen LogP contribution in [0.15, 0.2) is 30.3 Å². The molecular weight excluding hydrogens is 382 g/mol. The highest BCUT2D eigenvalue weighted by atomic mass is 32.2. The number of rotatable bonds is 6. The fourth-order valence-corrected chi connectivity index (χ4v) is 5.23. The van der Waals surface area contributed by atoms with E-state index >= 15 is 0 Å². The molecule has 2 aromatic carbocycles. The van der Waals surface area contributed by atoms with Gasteiger partial charge in [-0.1, -0.05) is 45.9 Å². The number of aryl methyl sites for hydroxylation is 1. The van der Waals surface area contributed by atoms with Crippen molar-refractivity contribution in [1.82, 2.24) is 0 Å². The summed E-state index contributed by atoms with van der Waals surface area (Å²) < 4.78 is 10.9. The summed E-state index contributed by atoms with van der Waals surface area (Å²) >= 11 is 1.12. The molecule has 29 heavy (non-hydrogen) atoms. The summed E-state index contributed by atoms with van der Waals surface area (Å²) in [6.45, 7) is 8.67. The van der Waals surface area contributed by atoms with Crippen LogP contribution in [-0.4, -0.2) is 25.9 Å². The molecule has 0 saturated heterocycles. The van der Waals surface area contributed by atoms with Gasteiger partial charge in [0, 0.05) is 5.69 Å². The first-order chi connectivity index (χ1) is 13.9. The molecule has 3 rings (SSSR count). The number of methoxy groups -OCH3 is 2. The normalized spacial score (nSPS) is 15.9. The van der Waals surface area contributed by atoms with Crippen LogP contribution in [0.4, 0.5) is 5.69 Å². The van der Waals surface area contributed by atoms with Crippen molar-refractivity contribution in [2.75, 3.05) is 25.3 Å². The summed E-state index contributed by atoms with van der Waals surface area (Å²) in [4.78, 5) is 13.4. The van der Waals surface area contributed by atoms with Gasteiger partial charge in [-0.15, -0.1) is 0 Å². The Hall–Kier alpha value is -2.14. The number of nitrogens with one attached hydrogen (secondary N) is 1. The lowest BCUT2D eigenvalue weighted by Crippen LogP contribution is -2.24. The number of benzene rings is 2. The Morgan fingerprint density at radius 1 is 1.03 bits per heavy atom. The smallest absolute Gasteiger partial charge is 0.240 e. The second-order valence-corrected chi connectivity index (χ2v) is 9.40. The van der Waals surface area contributed by atoms with Crippen LogP contribution in [0.5, 0.6) is 11.5 Å². The van der Waals surface area contributed by atoms with Gasteiger partial charge in [0.15, 0.2) is 11.5 Å². The van der Waals surface area contributed by atoms with E-state index in [2.05, 4.69) is 51.2 Å². The van der Waals surface area contributed by atoms with Crippen molar-refractivity contribution in [2.24, 2.45) is 0 Å². The van der Waals surface area contributed by atoms with Gasteiger partial charge in [0.25, 0.3) is 0 Å². The molecule has 0 fully saturated rings. The van der Waals surface area contributed by atoms with Gasteiger partial charge in [-0.25, -0.2) is 11.8 Å². The fourth-order valence-electron chi connectivity index (χ4n) is 3.93. The molecule has 1 aliphatic heterocycles. The summed E-state index contributed by atoms with van der Waals surface area (Å²) in [5.74, 6) is 3.08. The van der Waals surface area contributed by atoms with Gasteiger partial charge in [0.05, 0.1) is 19.5 Å². The molecule has 1 unspecified atom stereocenters. The number of hydrogen-bond donors (Lipinski definition) is 2. The van der Waals surface area contributed by atoms with Crippen molar-refractivity contribution in [3.05, 3.63) is 52.6 Å². The third kappa shape index (κ3) is 4.40. The number of fused-ring (bicyclic) bond motifs is 1. The largest absolute Gasteiger partial charge is 0.493 e. The second kappa shape index (κ2) is 9.12. The van der Waals surface area contributed by atoms with E-state index in [4.69, 9.17) is 9.47 Å². The second-order valence-electron chi connectivity index (χ2n) is 8.07. The van der Waals surface area contributed by atoms with Crippen molar-refractivity contribution in [3.8, 4) is 11.5 Å². The number of carbonyl (C=O) groups excluding carboxylic acids is 1. The first-order valence-electron chi connectivity index (χ1n) is 10.2. The lowest BCUT2D eigenvalue weighted by atomic mass is 9.92. The van der Waals surface area contributed by atoms with Gasteiger partial charge < -0.3 is 14.8 Å². The molecule has 1 amide bonds. The molecule has 157 valence electrons. The first-order valence-corrected chi connectivity index (χ1v) is 11.4. The predicted molar refractivity (Wildman–Crippen MR) is 123 cm³/mol. The number of hydrogen-bond acceptors (Lipinski definition) is 3. The van der Waals surface area contributed by atoms with E-state index in [1.165, 1.54) is 16.7 Å². The highest BCUT2D eigenvalue weighted by Gasteiger charge is 2.29. The fraction of sp³-hybridized carbons (Fsp3) is 0.458. The number of anilines is 1. The third-order valence-electron chi connectivity index (χ3n) is 5.50. The van der Waals surface area contributed by atoms with Crippen LogP contribution in [0, 0.1) is 0 Å². The Morgan fingerprint density at radius 3 is 2.17 bits per heavy atom. The van der Waals surface area contributed by atoms with Crippen molar-refractivity contribution in [1.29, 1.82) is 0 Å². The Morgan fingerprint density at radius 2 is 1.62 bits per heavy atom. The zero-order valence-electron chi connectivity index (χ0n) is 18.2. The molecule has 1 radical (unpaired) electrons. The Balaban J connectivity index is 1.98. The Labute approximate surface area is 178 Å². The number of amides is 1. The van der Waals surface area contributed by atoms with E-state index < -0.39 is 0 Å². The van der Waals surface area contributed by atoms with E-state index in [9.17, 15) is 4.79 Å². The average Bonchev–Trinajstić information content (AvgIpc) is 2.71. The molecule has 0 spiro atoms. The SMILES string of the molecule is COc1cc2c(cc1OC)C(C(=O)Nc1c(C(C)C)cccc1C(C)C)[SH]CC2. The maximum atomic E-state index is 13.4. The summed E-state index contributed by atoms with van der Waals surface area (Å²) in [5, 5.41) is 3.09. The van der Waals surface area contributed by atoms with Gasteiger partial charge in [0.1, 0.15) is 0 Å². The zero-order valence-corrected chi connectivity index (χ0v) is 19.1. The minimum absolute atomic E-state index is 0.0508. The molecule has 1 aliphatic rings. The van der Waals surface area contributed by atoms with Crippen molar-refractivity contribution >= 4 is 23.4 Å². The van der Waals surface area contributed by atoms with Crippen molar-refractivity contribution < 1.29 is 14.3 Å². The minimum Gasteiger partial charge on any atom is -0.493 e. The van der Waals surface area contributed by atoms with Crippen molar-refractivity contribution in [3.63, 3.8) is 0 Å². The van der Waals surface area contributed by atoms with E-state index in [-0.39, 0.29) is 11.2 Å². The van der Waals surface area contributed by atoms with E-state index in [1.807, 2.05) is 12.1 Å². The van der Waals surface area contributed by atoms with Gasteiger partial charge in [-0.3, -0.25) is 4.79 Å². The van der Waals surface area contributed by atoms with E-state index in [1.54, 1.807) is 14.2 Å². The van der Waals surface area contributed by atoms with Crippen LogP contribution in [-0.2, 0) is 11.2 Å². The lowest BCUT2D eigenvalue weighted by Gasteiger charge is -2.28. The highest BCUT2D eigenvalue weighted by molar-refractivity contribution is 8.00. The third-order valence-corrected chi connectivity index (χ3v) is 6.86. The number of para-hydroxylation sites is 1. The molecular formula is C24H32NO3S. The maximum Gasteiger partial charge on any atom is 0.240 e. The topological polar surface area (TPSA) is 47.6 Å². The first kappa shape index (κ1) is 21.6. The number of thiol groups is 1. The zero-order chi connectivity index (χ0) is 21.1. The van der Waals surface area contributed by atoms with Crippen LogP contribution in [0.3, 0.4) is 0 Å². The minimum atomic E-state index is -0.209. The van der Waals surface area contributed by atoms with Crippen LogP contribution in [0.1, 0.15) is 67.0 Å². The van der Waals surface area contributed by atoms with E-state index in [0.29, 0.717) is 17.6 Å². The summed E-state index contributed by atoms with van der Waals surface area (Å²) in [6, 6.07) is 10.3. The molecule has 2 aromatic rings. The quantitative estimate of drug-likeness (QED) is 0.600. The Bertz CT molecular complexity index is 866. The summed E-state index contributed by atoms with van der Waals surface area (Å²) in [5.41, 5.74) is 5.56. The van der Waals surface area contributed by atoms with Gasteiger partial charge in [-0.05, 0) is 58.4 Å². The van der Waals surface area contributed by atoms with Crippen LogP contribution in [0.25, 0.3) is 0 Å². The van der Waals surface area contributed by atoms with Gasteiger partial charge >= 0.3 is 0 Å². The lowest BCUT2D eigenvalue weighted by molar-refractivity contribution is -0.115. The molecule has 1 heterocycles. The van der Waals surface area contributed by atoms with Crippen molar-refractivity contribution in [2.45, 2.75) is 51.2 Å². The summed E-state index contributed by atoms with van der Waals surface area (Å²) in [6.07, 6.45) is 0.945. The van der Waals surface area contributed by atoms with E-state index in [0.717, 1.165) is 40.9 Å². The predicted octanol–water partition coefficient (Wildman–Crippen LogP) is 5.65. The van der Waals surface area contributed by atoms with Crippen LogP contribution < -0.4 is 14.8 Å². The van der Waals surface area contributed by atoms with Gasteiger partial charge in [-0.2, -0.15) is 0 Å². The van der Waals surface area contributed by atoms with Crippen LogP contribution >= 0.6 is 11.8 Å². The van der Waals surface area contributed by atoms with Crippen LogP contribution in [0.2, 0.25) is 0 Å². The number of ether oxygens (including phenoxy) is 2. The maximum absolute atomic E-state index is 13.4. The monoisotopic (exact) mass is 414 g/mol. The molecule has 0 saturated carbocycles. The molecule has 5 heteroatoms. The molecule has 1 atom stereocenters. The molecule has 4 nitrogen and oxygen atoms in total. The molecule has 0 bridgehead atoms. The molecule has 1 N–H and O–H groups in total. The summed E-state index contributed by atoms with van der Waals surface area (Å²) in [7, 11) is 3.28. The highest BCUT2D eigenvalue weighted by Crippen LogP contribution is 2.43. The average molecular weight is 415 g/mol. The van der Waals surface area contributed by atoms with Gasteiger partial charge in [0.2, 0.25) is 5.91 Å². The standard InChI is InChI=1S/C24H32NO3S/c1-14(2)17-8-7-9-18(15(3)4)22(17)25-24(26)23-19-13-21(28-6)20(27-5)12-16(19)10-11-29-23/h7-9,12-15,23,29H,10-11H2,1-6H3,(H,25,26). The Kier molecular flexibility index (Phi) is 6.78.